The molecule has 0 bridgehead atoms. The molecule has 1 saturated heterocycles. The summed E-state index contributed by atoms with van der Waals surface area (Å²) in [6.07, 6.45) is 2.77. The molecule has 1 fully saturated rings. The van der Waals surface area contributed by atoms with Crippen molar-refractivity contribution in [1.29, 1.82) is 0 Å². The molecule has 1 N–H and O–H groups in total. The van der Waals surface area contributed by atoms with E-state index in [-0.39, 0.29) is 18.8 Å². The third-order valence-electron chi connectivity index (χ3n) is 3.78. The van der Waals surface area contributed by atoms with Gasteiger partial charge in [-0.05, 0) is 62.9 Å². The lowest BCUT2D eigenvalue weighted by atomic mass is 9.93. The molecule has 25 heavy (non-hydrogen) atoms. The molecule has 1 aromatic rings. The summed E-state index contributed by atoms with van der Waals surface area (Å²) >= 11 is 3.84. The third kappa shape index (κ3) is 4.22. The van der Waals surface area contributed by atoms with Crippen LogP contribution in [0.4, 0.5) is 4.79 Å². The fourth-order valence-electron chi connectivity index (χ4n) is 2.61. The van der Waals surface area contributed by atoms with Crippen LogP contribution in [0.5, 0.6) is 0 Å². The Morgan fingerprint density at radius 1 is 1.20 bits per heavy atom. The zero-order valence-electron chi connectivity index (χ0n) is 12.8. The molecule has 2 aliphatic rings. The molecule has 1 atom stereocenters. The van der Waals surface area contributed by atoms with Gasteiger partial charge in [0.2, 0.25) is 5.78 Å². The van der Waals surface area contributed by atoms with Gasteiger partial charge in [-0.3, -0.25) is 4.79 Å². The van der Waals surface area contributed by atoms with Crippen LogP contribution in [0.15, 0.2) is 49.6 Å². The van der Waals surface area contributed by atoms with Crippen molar-refractivity contribution in [3.8, 4) is 0 Å². The summed E-state index contributed by atoms with van der Waals surface area (Å²) in [5.41, 5.74) is -0.140. The Morgan fingerprint density at radius 2 is 1.84 bits per heavy atom. The van der Waals surface area contributed by atoms with Crippen molar-refractivity contribution >= 4 is 63.0 Å². The number of carbonyl (C=O) groups excluding carboxylic acids is 3. The number of allylic oxidation sites excluding steroid dienone is 2. The highest BCUT2D eigenvalue weighted by Gasteiger charge is 2.47. The molecule has 130 valence electrons. The molecule has 8 heteroatoms. The van der Waals surface area contributed by atoms with Crippen molar-refractivity contribution in [1.82, 2.24) is 5.32 Å². The van der Waals surface area contributed by atoms with Gasteiger partial charge < -0.3 is 14.8 Å². The molecule has 1 aliphatic carbocycles. The van der Waals surface area contributed by atoms with Gasteiger partial charge in [0, 0.05) is 6.42 Å². The van der Waals surface area contributed by atoms with Crippen LogP contribution in [0, 0.1) is 0 Å². The number of ketones is 1. The van der Waals surface area contributed by atoms with Crippen LogP contribution in [-0.4, -0.2) is 29.5 Å². The number of amides is 1. The maximum atomic E-state index is 12.1. The number of Topliss-reactive ketones (excluding diaryl/α,β-unsaturated/α-hetero) is 1. The molecule has 1 aromatic carbocycles. The van der Waals surface area contributed by atoms with Gasteiger partial charge in [-0.25, -0.2) is 9.59 Å². The van der Waals surface area contributed by atoms with Crippen LogP contribution in [0.2, 0.25) is 0 Å². The fourth-order valence-corrected chi connectivity index (χ4v) is 4.76. The maximum absolute atomic E-state index is 12.1. The summed E-state index contributed by atoms with van der Waals surface area (Å²) in [6, 6.07) is 8.42. The molecule has 6 nitrogen and oxygen atoms in total. The molecule has 0 aromatic heterocycles. The Kier molecular flexibility index (Phi) is 5.46. The SMILES string of the molecule is O=C(N[C@H]1CC2(C=C(I)C(=O)C(I)=C2)OC1=O)OCc1ccccc1. The molecule has 1 heterocycles. The number of ether oxygens (including phenoxy) is 2. The monoisotopic (exact) mass is 565 g/mol. The molecule has 0 saturated carbocycles. The molecule has 0 radical (unpaired) electrons. The first-order valence-electron chi connectivity index (χ1n) is 7.40. The molecule has 0 unspecified atom stereocenters. The lowest BCUT2D eigenvalue weighted by Crippen LogP contribution is -2.38. The normalized spacial score (nSPS) is 21.4. The van der Waals surface area contributed by atoms with Gasteiger partial charge in [0.25, 0.3) is 0 Å². The minimum Gasteiger partial charge on any atom is -0.449 e. The average Bonchev–Trinajstić information content (AvgIpc) is 2.86. The topological polar surface area (TPSA) is 81.7 Å². The van der Waals surface area contributed by atoms with Crippen LogP contribution in [0.3, 0.4) is 0 Å². The van der Waals surface area contributed by atoms with E-state index in [1.54, 1.807) is 12.2 Å². The van der Waals surface area contributed by atoms with Crippen molar-refractivity contribution in [3.63, 3.8) is 0 Å². The minimum absolute atomic E-state index is 0.0958. The van der Waals surface area contributed by atoms with E-state index in [4.69, 9.17) is 9.47 Å². The Morgan fingerprint density at radius 3 is 2.48 bits per heavy atom. The Balaban J connectivity index is 1.62. The maximum Gasteiger partial charge on any atom is 0.408 e. The smallest absolute Gasteiger partial charge is 0.408 e. The predicted molar refractivity (Wildman–Crippen MR) is 106 cm³/mol. The fraction of sp³-hybridized carbons (Fsp3) is 0.235. The summed E-state index contributed by atoms with van der Waals surface area (Å²) in [6.45, 7) is 0.115. The number of nitrogens with one attached hydrogen (secondary N) is 1. The molecule has 3 rings (SSSR count). The van der Waals surface area contributed by atoms with Gasteiger partial charge in [-0.15, -0.1) is 0 Å². The Labute approximate surface area is 171 Å². The van der Waals surface area contributed by atoms with Crippen molar-refractivity contribution in [2.75, 3.05) is 0 Å². The van der Waals surface area contributed by atoms with E-state index in [2.05, 4.69) is 5.32 Å². The van der Waals surface area contributed by atoms with Crippen molar-refractivity contribution in [3.05, 3.63) is 55.2 Å². The number of carbonyl (C=O) groups is 3. The van der Waals surface area contributed by atoms with E-state index >= 15 is 0 Å². The summed E-state index contributed by atoms with van der Waals surface area (Å²) in [4.78, 5) is 35.9. The number of rotatable bonds is 3. The van der Waals surface area contributed by atoms with E-state index in [1.807, 2.05) is 75.5 Å². The number of esters is 1. The van der Waals surface area contributed by atoms with E-state index < -0.39 is 23.7 Å². The number of benzene rings is 1. The number of hydrogen-bond acceptors (Lipinski definition) is 5. The summed E-state index contributed by atoms with van der Waals surface area (Å²) < 4.78 is 11.5. The van der Waals surface area contributed by atoms with Crippen LogP contribution in [-0.2, 0) is 25.7 Å². The molecular weight excluding hydrogens is 552 g/mol. The number of alkyl carbamates (subject to hydrolysis) is 1. The summed E-state index contributed by atoms with van der Waals surface area (Å²) in [5.74, 6) is -0.645. The largest absolute Gasteiger partial charge is 0.449 e. The van der Waals surface area contributed by atoms with Gasteiger partial charge in [-0.1, -0.05) is 30.3 Å². The summed E-state index contributed by atoms with van der Waals surface area (Å²) in [7, 11) is 0. The minimum atomic E-state index is -0.991. The van der Waals surface area contributed by atoms with Crippen LogP contribution in [0.1, 0.15) is 12.0 Å². The van der Waals surface area contributed by atoms with Gasteiger partial charge in [0.1, 0.15) is 12.6 Å². The van der Waals surface area contributed by atoms with E-state index in [0.717, 1.165) is 5.56 Å². The highest BCUT2D eigenvalue weighted by atomic mass is 127. The Hall–Kier alpha value is -1.43. The second-order valence-corrected chi connectivity index (χ2v) is 7.98. The lowest BCUT2D eigenvalue weighted by molar-refractivity contribution is -0.144. The molecule has 1 amide bonds. The first-order chi connectivity index (χ1) is 11.9. The number of halogens is 2. The number of hydrogen-bond donors (Lipinski definition) is 1. The van der Waals surface area contributed by atoms with Crippen molar-refractivity contribution < 1.29 is 23.9 Å². The van der Waals surface area contributed by atoms with E-state index in [1.165, 1.54) is 0 Å². The highest BCUT2D eigenvalue weighted by molar-refractivity contribution is 14.1. The zero-order valence-corrected chi connectivity index (χ0v) is 17.1. The zero-order chi connectivity index (χ0) is 18.0. The second kappa shape index (κ2) is 7.44. The van der Waals surface area contributed by atoms with Crippen LogP contribution < -0.4 is 5.32 Å². The van der Waals surface area contributed by atoms with Gasteiger partial charge in [0.05, 0.1) is 7.16 Å². The summed E-state index contributed by atoms with van der Waals surface area (Å²) in [5, 5.41) is 2.53. The quantitative estimate of drug-likeness (QED) is 0.450. The Bertz CT molecular complexity index is 765. The van der Waals surface area contributed by atoms with Gasteiger partial charge in [0.15, 0.2) is 5.60 Å². The predicted octanol–water partition coefficient (Wildman–Crippen LogP) is 3.19. The molecular formula is C17H13I2NO5. The van der Waals surface area contributed by atoms with E-state index in [0.29, 0.717) is 7.16 Å². The molecule has 1 aliphatic heterocycles. The standard InChI is InChI=1S/C17H13I2NO5/c18-11-6-17(7-12(19)14(11)21)8-13(15(22)25-17)20-16(23)24-9-10-4-2-1-3-5-10/h1-7,13H,8-9H2,(H,20,23)/t13-/m0/s1. The second-order valence-electron chi connectivity index (χ2n) is 5.65. The average molecular weight is 565 g/mol. The third-order valence-corrected chi connectivity index (χ3v) is 5.38. The first kappa shape index (κ1) is 18.4. The van der Waals surface area contributed by atoms with Crippen molar-refractivity contribution in [2.24, 2.45) is 0 Å². The highest BCUT2D eigenvalue weighted by Crippen LogP contribution is 2.38. The van der Waals surface area contributed by atoms with Gasteiger partial charge >= 0.3 is 12.1 Å². The van der Waals surface area contributed by atoms with Crippen LogP contribution in [0.25, 0.3) is 0 Å². The first-order valence-corrected chi connectivity index (χ1v) is 9.56. The lowest BCUT2D eigenvalue weighted by Gasteiger charge is -2.24. The van der Waals surface area contributed by atoms with Crippen molar-refractivity contribution in [2.45, 2.75) is 24.7 Å². The van der Waals surface area contributed by atoms with Crippen LogP contribution >= 0.6 is 45.2 Å². The molecule has 1 spiro atoms. The van der Waals surface area contributed by atoms with Gasteiger partial charge in [-0.2, -0.15) is 0 Å². The van der Waals surface area contributed by atoms with E-state index in [9.17, 15) is 14.4 Å².